The van der Waals surface area contributed by atoms with Crippen molar-refractivity contribution in [2.75, 3.05) is 51.9 Å². The average Bonchev–Trinajstić information content (AvgIpc) is 3.84. The van der Waals surface area contributed by atoms with Crippen LogP contribution in [0.4, 0.5) is 23.5 Å². The zero-order valence-electron chi connectivity index (χ0n) is 32.5. The monoisotopic (exact) mass is 837 g/mol. The molecule has 1 amide bonds. The van der Waals surface area contributed by atoms with Gasteiger partial charge in [-0.25, -0.2) is 13.9 Å². The molecule has 6 aromatic rings. The van der Waals surface area contributed by atoms with Crippen molar-refractivity contribution in [2.45, 2.75) is 32.1 Å². The van der Waals surface area contributed by atoms with E-state index in [4.69, 9.17) is 29.8 Å². The Kier molecular flexibility index (Phi) is 16.0. The highest BCUT2D eigenvalue weighted by molar-refractivity contribution is 5.94. The number of nitrogens with two attached hydrogens (primary N) is 1. The van der Waals surface area contributed by atoms with E-state index in [1.54, 1.807) is 27.6 Å². The number of aryl methyl sites for hydroxylation is 2. The predicted octanol–water partition coefficient (Wildman–Crippen LogP) is 2.80. The number of aromatic amines is 1. The number of carboxylic acid groups (broad SMARTS) is 1. The minimum absolute atomic E-state index is 0.0185. The molecule has 318 valence electrons. The quantitative estimate of drug-likeness (QED) is 0.0614. The Morgan fingerprint density at radius 1 is 0.867 bits per heavy atom. The van der Waals surface area contributed by atoms with Crippen molar-refractivity contribution in [3.05, 3.63) is 113 Å². The molecule has 20 heteroatoms. The van der Waals surface area contributed by atoms with Gasteiger partial charge in [0.1, 0.15) is 24.7 Å². The number of imidazole rings is 1. The molecule has 0 saturated heterocycles. The Balaban J connectivity index is 0.000000896. The van der Waals surface area contributed by atoms with Crippen LogP contribution in [0.15, 0.2) is 90.2 Å². The smallest absolute Gasteiger partial charge is 0.430 e. The highest BCUT2D eigenvalue weighted by Crippen LogP contribution is 2.24. The molecule has 0 aliphatic rings. The number of aromatic nitrogens is 7. The lowest BCUT2D eigenvalue weighted by molar-refractivity contribution is -0.671. The molecule has 16 nitrogen and oxygen atoms in total. The molecule has 2 aromatic carbocycles. The van der Waals surface area contributed by atoms with Crippen LogP contribution in [0.5, 0.6) is 0 Å². The van der Waals surface area contributed by atoms with Gasteiger partial charge in [-0.3, -0.25) is 19.3 Å². The third-order valence-corrected chi connectivity index (χ3v) is 8.63. The summed E-state index contributed by atoms with van der Waals surface area (Å²) < 4.78 is 67.5. The summed E-state index contributed by atoms with van der Waals surface area (Å²) in [6.45, 7) is 4.32. The number of nitrogens with zero attached hydrogens (tertiary/aromatic N) is 6. The summed E-state index contributed by atoms with van der Waals surface area (Å²) in [4.78, 5) is 45.2. The number of nitrogens with one attached hydrogen (secondary N) is 2. The molecule has 0 saturated carbocycles. The van der Waals surface area contributed by atoms with Crippen molar-refractivity contribution < 1.29 is 51.0 Å². The molecule has 0 fully saturated rings. The van der Waals surface area contributed by atoms with Gasteiger partial charge < -0.3 is 39.7 Å². The number of rotatable bonds is 19. The van der Waals surface area contributed by atoms with Crippen LogP contribution in [0.2, 0.25) is 0 Å². The summed E-state index contributed by atoms with van der Waals surface area (Å²) >= 11 is 0. The summed E-state index contributed by atoms with van der Waals surface area (Å²) in [5, 5.41) is 16.2. The van der Waals surface area contributed by atoms with Crippen molar-refractivity contribution >= 4 is 29.0 Å². The van der Waals surface area contributed by atoms with Gasteiger partial charge >= 0.3 is 6.18 Å². The van der Waals surface area contributed by atoms with E-state index in [0.717, 1.165) is 23.1 Å². The largest absolute Gasteiger partial charge is 0.542 e. The Bertz CT molecular complexity index is 2370. The average molecular weight is 838 g/mol. The SMILES string of the molecule is C[n+]1ccc(-c2ccc(C(=O)NCCCOCCOCCOCCCn3cc(-c4nc5c(=O)[nH]c(N)nc5n4Cc4ccc(F)cc4)cn3)cc2)cc1.O=C([O-])C(F)(F)F. The number of alkyl halides is 3. The maximum Gasteiger partial charge on any atom is 0.430 e. The molecule has 4 aromatic heterocycles. The molecule has 0 spiro atoms. The van der Waals surface area contributed by atoms with Gasteiger partial charge in [-0.15, -0.1) is 0 Å². The molecule has 0 aliphatic carbocycles. The third kappa shape index (κ3) is 13.3. The lowest BCUT2D eigenvalue weighted by Crippen LogP contribution is -2.37. The van der Waals surface area contributed by atoms with E-state index in [0.29, 0.717) is 88.3 Å². The molecule has 0 aliphatic heterocycles. The Morgan fingerprint density at radius 2 is 1.47 bits per heavy atom. The van der Waals surface area contributed by atoms with Crippen molar-refractivity contribution in [1.82, 2.24) is 34.6 Å². The number of halogens is 4. The first-order valence-electron chi connectivity index (χ1n) is 18.7. The number of pyridine rings is 1. The number of anilines is 1. The molecular formula is C40H43F4N9O7. The Hall–Kier alpha value is -6.51. The maximum atomic E-state index is 13.5. The topological polar surface area (TPSA) is 208 Å². The first-order valence-corrected chi connectivity index (χ1v) is 18.7. The summed E-state index contributed by atoms with van der Waals surface area (Å²) in [7, 11) is 1.98. The van der Waals surface area contributed by atoms with Crippen LogP contribution in [-0.4, -0.2) is 93.5 Å². The Labute approximate surface area is 340 Å². The molecular weight excluding hydrogens is 794 g/mol. The van der Waals surface area contributed by atoms with E-state index in [2.05, 4.69) is 25.4 Å². The minimum Gasteiger partial charge on any atom is -0.542 e. The van der Waals surface area contributed by atoms with Gasteiger partial charge in [-0.05, 0) is 53.8 Å². The van der Waals surface area contributed by atoms with Gasteiger partial charge in [0.05, 0.1) is 44.7 Å². The summed E-state index contributed by atoms with van der Waals surface area (Å²) in [5.74, 6) is -2.97. The van der Waals surface area contributed by atoms with E-state index in [1.807, 2.05) is 66.6 Å². The normalized spacial score (nSPS) is 11.3. The number of ether oxygens (including phenoxy) is 3. The summed E-state index contributed by atoms with van der Waals surface area (Å²) in [5.41, 5.74) is 10.2. The standard InChI is InChI=1S/C38H42FN9O5.C2HF3O2/c1-46-16-12-29(13-17-46)28-6-8-30(9-7-28)36(49)41-14-2-18-51-20-22-53-23-21-52-19-3-15-47-26-31(24-42-47)34-43-33-35(44-38(40)45-37(33)50)48(34)25-27-4-10-32(39)11-5-27;3-2(4,5)1(6)7/h4-13,16-17,24,26H,2-3,14-15,18-23,25H2,1H3,(H3-,40,41,44,45,49,50);(H,6,7). The highest BCUT2D eigenvalue weighted by Gasteiger charge is 2.29. The lowest BCUT2D eigenvalue weighted by Gasteiger charge is -2.08. The van der Waals surface area contributed by atoms with Crippen molar-refractivity contribution in [1.29, 1.82) is 0 Å². The van der Waals surface area contributed by atoms with Crippen LogP contribution >= 0.6 is 0 Å². The van der Waals surface area contributed by atoms with Crippen molar-refractivity contribution in [3.8, 4) is 22.5 Å². The van der Waals surface area contributed by atoms with Gasteiger partial charge in [0, 0.05) is 50.2 Å². The lowest BCUT2D eigenvalue weighted by atomic mass is 10.0. The van der Waals surface area contributed by atoms with Crippen molar-refractivity contribution in [3.63, 3.8) is 0 Å². The van der Waals surface area contributed by atoms with Crippen LogP contribution in [0.1, 0.15) is 28.8 Å². The van der Waals surface area contributed by atoms with Crippen LogP contribution < -0.4 is 26.3 Å². The molecule has 0 radical (unpaired) electrons. The van der Waals surface area contributed by atoms with Crippen molar-refractivity contribution in [2.24, 2.45) is 7.05 Å². The number of carbonyl (C=O) groups excluding carboxylic acids is 2. The number of hydrogen-bond acceptors (Lipinski definition) is 11. The zero-order valence-corrected chi connectivity index (χ0v) is 32.5. The van der Waals surface area contributed by atoms with Gasteiger partial charge in [0.25, 0.3) is 11.5 Å². The molecule has 0 bridgehead atoms. The number of nitrogen functional groups attached to an aromatic ring is 1. The highest BCUT2D eigenvalue weighted by atomic mass is 19.4. The molecule has 0 atom stereocenters. The van der Waals surface area contributed by atoms with Gasteiger partial charge in [0.2, 0.25) is 5.95 Å². The summed E-state index contributed by atoms with van der Waals surface area (Å²) in [6, 6.07) is 17.8. The van der Waals surface area contributed by atoms with Gasteiger partial charge in [-0.1, -0.05) is 24.3 Å². The number of H-pyrrole nitrogens is 1. The molecule has 4 heterocycles. The van der Waals surface area contributed by atoms with E-state index >= 15 is 0 Å². The van der Waals surface area contributed by atoms with E-state index in [1.165, 1.54) is 12.1 Å². The second-order valence-electron chi connectivity index (χ2n) is 13.2. The fourth-order valence-corrected chi connectivity index (χ4v) is 5.63. The fraction of sp³-hybridized carbons (Fsp3) is 0.325. The van der Waals surface area contributed by atoms with Gasteiger partial charge in [-0.2, -0.15) is 23.3 Å². The number of aliphatic carboxylic acids is 1. The van der Waals surface area contributed by atoms with E-state index in [-0.39, 0.29) is 23.2 Å². The molecule has 0 unspecified atom stereocenters. The first-order chi connectivity index (χ1) is 28.8. The van der Waals surface area contributed by atoms with E-state index in [9.17, 15) is 27.2 Å². The van der Waals surface area contributed by atoms with Crippen LogP contribution in [0, 0.1) is 5.82 Å². The zero-order chi connectivity index (χ0) is 43.1. The number of benzene rings is 2. The molecule has 6 rings (SSSR count). The number of amides is 1. The maximum absolute atomic E-state index is 13.5. The fourth-order valence-electron chi connectivity index (χ4n) is 5.63. The van der Waals surface area contributed by atoms with Crippen LogP contribution in [0.3, 0.4) is 0 Å². The number of carbonyl (C=O) groups is 2. The number of hydrogen-bond donors (Lipinski definition) is 3. The Morgan fingerprint density at radius 3 is 2.10 bits per heavy atom. The number of fused-ring (bicyclic) bond motifs is 1. The second-order valence-corrected chi connectivity index (χ2v) is 13.2. The van der Waals surface area contributed by atoms with Crippen LogP contribution in [-0.2, 0) is 39.1 Å². The first kappa shape index (κ1) is 44.6. The van der Waals surface area contributed by atoms with E-state index < -0.39 is 17.7 Å². The molecule has 4 N–H and O–H groups in total. The van der Waals surface area contributed by atoms with Crippen LogP contribution in [0.25, 0.3) is 33.7 Å². The van der Waals surface area contributed by atoms with Gasteiger partial charge in [0.15, 0.2) is 23.6 Å². The predicted molar refractivity (Wildman–Crippen MR) is 207 cm³/mol. The number of carboxylic acids is 1. The summed E-state index contributed by atoms with van der Waals surface area (Å²) in [6.07, 6.45) is 3.75. The minimum atomic E-state index is -5.19. The third-order valence-electron chi connectivity index (χ3n) is 8.63. The second kappa shape index (κ2) is 21.5. The molecule has 60 heavy (non-hydrogen) atoms.